The Hall–Kier alpha value is -0.340. The van der Waals surface area contributed by atoms with E-state index >= 15 is 0 Å². The molecule has 0 atom stereocenters. The van der Waals surface area contributed by atoms with Gasteiger partial charge >= 0.3 is 0 Å². The molecule has 0 amide bonds. The van der Waals surface area contributed by atoms with Crippen molar-refractivity contribution in [3.8, 4) is 0 Å². The molecular formula is C6H5Cl2NO. The first kappa shape index (κ1) is 7.76. The summed E-state index contributed by atoms with van der Waals surface area (Å²) in [4.78, 5) is 14.6. The largest absolute Gasteiger partial charge is 0.294 e. The maximum absolute atomic E-state index is 10.9. The summed E-state index contributed by atoms with van der Waals surface area (Å²) in [5, 5.41) is 0.474. The van der Waals surface area contributed by atoms with Gasteiger partial charge in [0.1, 0.15) is 10.3 Å². The predicted octanol–water partition coefficient (Wildman–Crippen LogP) is 2.07. The summed E-state index contributed by atoms with van der Waals surface area (Å²) in [6.45, 7) is 1.64. The molecule has 0 aliphatic carbocycles. The fourth-order valence-electron chi connectivity index (χ4n) is 0.610. The van der Waals surface area contributed by atoms with Crippen molar-refractivity contribution in [3.05, 3.63) is 10.7 Å². The highest BCUT2D eigenvalue weighted by molar-refractivity contribution is 6.68. The van der Waals surface area contributed by atoms with Gasteiger partial charge in [0.15, 0.2) is 5.78 Å². The molecule has 0 unspecified atom stereocenters. The zero-order valence-corrected chi connectivity index (χ0v) is 6.83. The van der Waals surface area contributed by atoms with Gasteiger partial charge in [0.25, 0.3) is 0 Å². The van der Waals surface area contributed by atoms with E-state index in [0.717, 1.165) is 0 Å². The minimum atomic E-state index is -0.0509. The van der Waals surface area contributed by atoms with Crippen LogP contribution >= 0.6 is 23.2 Å². The Kier molecular flexibility index (Phi) is 2.11. The fraction of sp³-hybridized carbons (Fsp3) is 0.333. The van der Waals surface area contributed by atoms with Crippen LogP contribution in [0.1, 0.15) is 13.3 Å². The topological polar surface area (TPSA) is 29.4 Å². The number of nitrogens with zero attached hydrogens (tertiary/aromatic N) is 1. The Balaban J connectivity index is 3.03. The standard InChI is InChI=1S/C6H5Cl2NO/c1-3-4(10)2-5(7)9-6(3)8/h2H2,1H3. The molecule has 0 radical (unpaired) electrons. The van der Waals surface area contributed by atoms with Crippen molar-refractivity contribution < 1.29 is 4.79 Å². The number of hydrogen-bond donors (Lipinski definition) is 0. The van der Waals surface area contributed by atoms with Crippen molar-refractivity contribution in [1.29, 1.82) is 0 Å². The van der Waals surface area contributed by atoms with E-state index in [1.54, 1.807) is 6.92 Å². The number of halogens is 2. The monoisotopic (exact) mass is 177 g/mol. The van der Waals surface area contributed by atoms with Gasteiger partial charge in [0, 0.05) is 5.57 Å². The molecule has 0 aromatic heterocycles. The van der Waals surface area contributed by atoms with Gasteiger partial charge in [0.05, 0.1) is 6.42 Å². The van der Waals surface area contributed by atoms with Gasteiger partial charge in [-0.2, -0.15) is 0 Å². The number of carbonyl (C=O) groups is 1. The molecule has 0 aromatic carbocycles. The first-order valence-electron chi connectivity index (χ1n) is 2.74. The maximum Gasteiger partial charge on any atom is 0.168 e. The molecule has 0 saturated heterocycles. The third kappa shape index (κ3) is 1.39. The minimum absolute atomic E-state index is 0.0509. The number of Topliss-reactive ketones (excluding diaryl/α,β-unsaturated/α-hetero) is 1. The van der Waals surface area contributed by atoms with Gasteiger partial charge in [-0.15, -0.1) is 0 Å². The molecule has 10 heavy (non-hydrogen) atoms. The van der Waals surface area contributed by atoms with E-state index in [9.17, 15) is 4.79 Å². The summed E-state index contributed by atoms with van der Waals surface area (Å²) >= 11 is 11.0. The van der Waals surface area contributed by atoms with Crippen molar-refractivity contribution >= 4 is 34.2 Å². The quantitative estimate of drug-likeness (QED) is 0.522. The lowest BCUT2D eigenvalue weighted by atomic mass is 10.1. The van der Waals surface area contributed by atoms with Gasteiger partial charge in [0.2, 0.25) is 0 Å². The number of aliphatic imine (C=N–C) groups is 1. The summed E-state index contributed by atoms with van der Waals surface area (Å²) in [5.41, 5.74) is 0.492. The van der Waals surface area contributed by atoms with Gasteiger partial charge < -0.3 is 0 Å². The van der Waals surface area contributed by atoms with E-state index in [4.69, 9.17) is 23.2 Å². The highest BCUT2D eigenvalue weighted by atomic mass is 35.5. The molecule has 2 nitrogen and oxygen atoms in total. The SMILES string of the molecule is CC1=C(Cl)N=C(Cl)CC1=O. The summed E-state index contributed by atoms with van der Waals surface area (Å²) in [7, 11) is 0. The first-order chi connectivity index (χ1) is 4.61. The Labute approximate surface area is 68.5 Å². The van der Waals surface area contributed by atoms with Crippen molar-refractivity contribution in [2.75, 3.05) is 0 Å². The van der Waals surface area contributed by atoms with E-state index in [0.29, 0.717) is 5.57 Å². The summed E-state index contributed by atoms with van der Waals surface area (Å²) in [6, 6.07) is 0. The molecule has 0 saturated carbocycles. The van der Waals surface area contributed by atoms with Crippen LogP contribution in [0.5, 0.6) is 0 Å². The summed E-state index contributed by atoms with van der Waals surface area (Å²) < 4.78 is 0. The van der Waals surface area contributed by atoms with Crippen molar-refractivity contribution in [1.82, 2.24) is 0 Å². The second kappa shape index (κ2) is 2.72. The molecule has 4 heteroatoms. The second-order valence-corrected chi connectivity index (χ2v) is 2.80. The first-order valence-corrected chi connectivity index (χ1v) is 3.49. The lowest BCUT2D eigenvalue weighted by molar-refractivity contribution is -0.114. The molecule has 0 fully saturated rings. The molecule has 54 valence electrons. The zero-order valence-electron chi connectivity index (χ0n) is 5.32. The number of allylic oxidation sites excluding steroid dienone is 1. The maximum atomic E-state index is 10.9. The minimum Gasteiger partial charge on any atom is -0.294 e. The van der Waals surface area contributed by atoms with Gasteiger partial charge in [-0.3, -0.25) is 4.79 Å². The van der Waals surface area contributed by atoms with Crippen molar-refractivity contribution in [2.45, 2.75) is 13.3 Å². The van der Waals surface area contributed by atoms with E-state index in [2.05, 4.69) is 4.99 Å². The van der Waals surface area contributed by atoms with Gasteiger partial charge in [-0.1, -0.05) is 23.2 Å². The Bertz CT molecular complexity index is 242. The zero-order chi connectivity index (χ0) is 7.72. The molecule has 1 aliphatic rings. The summed E-state index contributed by atoms with van der Waals surface area (Å²) in [5.74, 6) is -0.0509. The highest BCUT2D eigenvalue weighted by Gasteiger charge is 2.16. The highest BCUT2D eigenvalue weighted by Crippen LogP contribution is 2.20. The Morgan fingerprint density at radius 1 is 1.50 bits per heavy atom. The smallest absolute Gasteiger partial charge is 0.168 e. The Morgan fingerprint density at radius 2 is 2.10 bits per heavy atom. The number of ketones is 1. The van der Waals surface area contributed by atoms with Crippen LogP contribution in [0.15, 0.2) is 15.7 Å². The van der Waals surface area contributed by atoms with E-state index in [-0.39, 0.29) is 22.5 Å². The average Bonchev–Trinajstić information content (AvgIpc) is 1.82. The van der Waals surface area contributed by atoms with Crippen LogP contribution in [-0.4, -0.2) is 11.0 Å². The third-order valence-electron chi connectivity index (χ3n) is 1.25. The van der Waals surface area contributed by atoms with Crippen LogP contribution in [0, 0.1) is 0 Å². The van der Waals surface area contributed by atoms with Gasteiger partial charge in [-0.25, -0.2) is 4.99 Å². The van der Waals surface area contributed by atoms with Crippen molar-refractivity contribution in [3.63, 3.8) is 0 Å². The average molecular weight is 178 g/mol. The summed E-state index contributed by atoms with van der Waals surface area (Å²) in [6.07, 6.45) is 0.184. The van der Waals surface area contributed by atoms with E-state index in [1.807, 2.05) is 0 Å². The van der Waals surface area contributed by atoms with Gasteiger partial charge in [-0.05, 0) is 6.92 Å². The molecule has 0 aromatic rings. The molecule has 0 N–H and O–H groups in total. The lowest BCUT2D eigenvalue weighted by Gasteiger charge is -2.06. The molecule has 1 rings (SSSR count). The van der Waals surface area contributed by atoms with E-state index in [1.165, 1.54) is 0 Å². The molecule has 0 bridgehead atoms. The van der Waals surface area contributed by atoms with Crippen LogP contribution in [0.4, 0.5) is 0 Å². The van der Waals surface area contributed by atoms with Crippen molar-refractivity contribution in [2.24, 2.45) is 4.99 Å². The molecule has 1 heterocycles. The van der Waals surface area contributed by atoms with Crippen LogP contribution in [0.3, 0.4) is 0 Å². The van der Waals surface area contributed by atoms with Crippen LogP contribution in [0.2, 0.25) is 0 Å². The predicted molar refractivity (Wildman–Crippen MR) is 41.5 cm³/mol. The normalized spacial score (nSPS) is 19.5. The van der Waals surface area contributed by atoms with E-state index < -0.39 is 0 Å². The second-order valence-electron chi connectivity index (χ2n) is 2.00. The number of rotatable bonds is 0. The number of hydrogen-bond acceptors (Lipinski definition) is 2. The van der Waals surface area contributed by atoms with Crippen LogP contribution in [-0.2, 0) is 4.79 Å². The fourth-order valence-corrected chi connectivity index (χ4v) is 1.07. The van der Waals surface area contributed by atoms with Crippen LogP contribution < -0.4 is 0 Å². The number of carbonyl (C=O) groups excluding carboxylic acids is 1. The molecule has 1 aliphatic heterocycles. The van der Waals surface area contributed by atoms with Crippen LogP contribution in [0.25, 0.3) is 0 Å². The third-order valence-corrected chi connectivity index (χ3v) is 1.84. The molecule has 0 spiro atoms. The lowest BCUT2D eigenvalue weighted by Crippen LogP contribution is -2.09. The Morgan fingerprint density at radius 3 is 2.60 bits per heavy atom. The molecular weight excluding hydrogens is 173 g/mol.